The summed E-state index contributed by atoms with van der Waals surface area (Å²) in [7, 11) is -5.39. The number of halogens is 3. The topological polar surface area (TPSA) is 89.9 Å². The molecule has 0 radical (unpaired) electrons. The molecule has 0 amide bonds. The summed E-state index contributed by atoms with van der Waals surface area (Å²) in [6, 6.07) is 0. The Bertz CT molecular complexity index is 306. The highest BCUT2D eigenvalue weighted by Crippen LogP contribution is 2.20. The third-order valence-corrected chi connectivity index (χ3v) is 1.72. The number of hydrogen-bond acceptors (Lipinski definition) is 5. The molecule has 0 bridgehead atoms. The van der Waals surface area contributed by atoms with Crippen LogP contribution >= 0.6 is 0 Å². The molecule has 1 N–H and O–H groups in total. The van der Waals surface area contributed by atoms with E-state index >= 15 is 0 Å². The Labute approximate surface area is 76.6 Å². The number of carbonyl (C=O) groups is 1. The molecule has 0 aliphatic rings. The highest BCUT2D eigenvalue weighted by molar-refractivity contribution is 7.81. The first-order valence-corrected chi connectivity index (χ1v) is 4.30. The van der Waals surface area contributed by atoms with Crippen molar-refractivity contribution in [3.63, 3.8) is 0 Å². The summed E-state index contributed by atoms with van der Waals surface area (Å²) in [5, 5.41) is 8.12. The molecule has 0 spiro atoms. The summed E-state index contributed by atoms with van der Waals surface area (Å²) in [6.45, 7) is 0.736. The number of aliphatic carboxylic acids is 1. The Morgan fingerprint density at radius 3 is 2.14 bits per heavy atom. The Kier molecular flexibility index (Phi) is 3.85. The Balaban J connectivity index is 4.45. The average Bonchev–Trinajstić information content (AvgIpc) is 1.78. The minimum absolute atomic E-state index is 0.736. The molecule has 1 atom stereocenters. The van der Waals surface area contributed by atoms with Crippen molar-refractivity contribution < 1.29 is 39.9 Å². The second-order valence-corrected chi connectivity index (χ2v) is 3.19. The van der Waals surface area contributed by atoms with Crippen LogP contribution in [0.3, 0.4) is 0 Å². The van der Waals surface area contributed by atoms with Crippen molar-refractivity contribution >= 4 is 16.4 Å². The molecule has 0 aromatic rings. The summed E-state index contributed by atoms with van der Waals surface area (Å²) in [5.74, 6) is -1.74. The zero-order valence-electron chi connectivity index (χ0n) is 6.61. The second-order valence-electron chi connectivity index (χ2n) is 2.01. The van der Waals surface area contributed by atoms with Crippen molar-refractivity contribution in [3.8, 4) is 0 Å². The van der Waals surface area contributed by atoms with Crippen molar-refractivity contribution in [2.24, 2.45) is 0 Å². The molecule has 6 nitrogen and oxygen atoms in total. The van der Waals surface area contributed by atoms with Crippen LogP contribution in [0.25, 0.3) is 0 Å². The first-order chi connectivity index (χ1) is 6.03. The van der Waals surface area contributed by atoms with E-state index in [9.17, 15) is 26.4 Å². The van der Waals surface area contributed by atoms with E-state index in [1.165, 1.54) is 0 Å². The molecule has 0 unspecified atom stereocenters. The summed E-state index contributed by atoms with van der Waals surface area (Å²) in [6.07, 6.45) is -7.40. The number of hydrogen-bond donors (Lipinski definition) is 1. The summed E-state index contributed by atoms with van der Waals surface area (Å²) < 4.78 is 60.8. The van der Waals surface area contributed by atoms with Crippen LogP contribution in [0.1, 0.15) is 6.92 Å². The number of alkyl halides is 3. The second kappa shape index (κ2) is 4.11. The van der Waals surface area contributed by atoms with Gasteiger partial charge in [-0.15, -0.1) is 17.4 Å². The van der Waals surface area contributed by atoms with Crippen LogP contribution in [0.2, 0.25) is 0 Å². The maximum absolute atomic E-state index is 11.4. The number of carboxylic acid groups (broad SMARTS) is 1. The van der Waals surface area contributed by atoms with E-state index in [1.54, 1.807) is 0 Å². The molecule has 84 valence electrons. The SMILES string of the molecule is C[C@H](OS(=O)(=O)OC(F)(F)F)C(=O)O. The van der Waals surface area contributed by atoms with Gasteiger partial charge in [-0.05, 0) is 6.92 Å². The summed E-state index contributed by atoms with van der Waals surface area (Å²) in [5.41, 5.74) is 0. The first kappa shape index (κ1) is 13.1. The maximum Gasteiger partial charge on any atom is 0.538 e. The molecular formula is C4H5F3O6S. The number of rotatable bonds is 4. The number of carboxylic acids is 1. The highest BCUT2D eigenvalue weighted by atomic mass is 32.3. The molecule has 0 aromatic carbocycles. The van der Waals surface area contributed by atoms with Gasteiger partial charge in [0.25, 0.3) is 0 Å². The van der Waals surface area contributed by atoms with Gasteiger partial charge >= 0.3 is 22.7 Å². The van der Waals surface area contributed by atoms with Gasteiger partial charge in [0.05, 0.1) is 0 Å². The molecular weight excluding hydrogens is 233 g/mol. The van der Waals surface area contributed by atoms with Gasteiger partial charge in [0.15, 0.2) is 6.10 Å². The zero-order chi connectivity index (χ0) is 11.6. The van der Waals surface area contributed by atoms with E-state index in [0.717, 1.165) is 6.92 Å². The lowest BCUT2D eigenvalue weighted by Gasteiger charge is -2.09. The minimum Gasteiger partial charge on any atom is -0.479 e. The predicted octanol–water partition coefficient (Wildman–Crippen LogP) is 0.257. The molecule has 0 aliphatic heterocycles. The lowest BCUT2D eigenvalue weighted by atomic mass is 10.4. The van der Waals surface area contributed by atoms with Gasteiger partial charge < -0.3 is 5.11 Å². The van der Waals surface area contributed by atoms with Gasteiger partial charge in [0, 0.05) is 0 Å². The van der Waals surface area contributed by atoms with Gasteiger partial charge in [-0.25, -0.2) is 8.98 Å². The fraction of sp³-hybridized carbons (Fsp3) is 0.750. The van der Waals surface area contributed by atoms with Crippen LogP contribution in [-0.4, -0.2) is 32.0 Å². The molecule has 0 rings (SSSR count). The van der Waals surface area contributed by atoms with Crippen LogP contribution in [0.4, 0.5) is 13.2 Å². The van der Waals surface area contributed by atoms with Crippen LogP contribution in [0.5, 0.6) is 0 Å². The van der Waals surface area contributed by atoms with Gasteiger partial charge in [-0.1, -0.05) is 0 Å². The Morgan fingerprint density at radius 2 is 1.86 bits per heavy atom. The van der Waals surface area contributed by atoms with Gasteiger partial charge in [0.2, 0.25) is 0 Å². The van der Waals surface area contributed by atoms with Crippen LogP contribution < -0.4 is 0 Å². The van der Waals surface area contributed by atoms with E-state index in [0.29, 0.717) is 0 Å². The smallest absolute Gasteiger partial charge is 0.479 e. The Morgan fingerprint density at radius 1 is 1.43 bits per heavy atom. The van der Waals surface area contributed by atoms with Gasteiger partial charge in [-0.3, -0.25) is 0 Å². The fourth-order valence-electron chi connectivity index (χ4n) is 0.353. The lowest BCUT2D eigenvalue weighted by molar-refractivity contribution is -0.276. The standard InChI is InChI=1S/C4H5F3O6S/c1-2(3(8)9)12-14(10,11)13-4(5,6)7/h2H,1H3,(H,8,9)/t2-/m0/s1. The van der Waals surface area contributed by atoms with Crippen molar-refractivity contribution in [1.82, 2.24) is 0 Å². The van der Waals surface area contributed by atoms with Crippen molar-refractivity contribution in [1.29, 1.82) is 0 Å². The maximum atomic E-state index is 11.4. The third-order valence-electron chi connectivity index (χ3n) is 0.807. The van der Waals surface area contributed by atoms with E-state index in [2.05, 4.69) is 8.37 Å². The molecule has 0 fully saturated rings. The quantitative estimate of drug-likeness (QED) is 0.755. The summed E-state index contributed by atoms with van der Waals surface area (Å²) in [4.78, 5) is 10.0. The molecule has 10 heteroatoms. The van der Waals surface area contributed by atoms with Gasteiger partial charge in [0.1, 0.15) is 0 Å². The normalized spacial score (nSPS) is 15.1. The Hall–Kier alpha value is -0.870. The molecule has 0 saturated carbocycles. The van der Waals surface area contributed by atoms with Crippen LogP contribution in [0, 0.1) is 0 Å². The highest BCUT2D eigenvalue weighted by Gasteiger charge is 2.39. The van der Waals surface area contributed by atoms with Crippen molar-refractivity contribution in [2.45, 2.75) is 19.4 Å². The van der Waals surface area contributed by atoms with E-state index < -0.39 is 28.8 Å². The van der Waals surface area contributed by atoms with E-state index in [1.807, 2.05) is 0 Å². The minimum atomic E-state index is -5.45. The van der Waals surface area contributed by atoms with E-state index in [-0.39, 0.29) is 0 Å². The van der Waals surface area contributed by atoms with Crippen molar-refractivity contribution in [2.75, 3.05) is 0 Å². The largest absolute Gasteiger partial charge is 0.538 e. The van der Waals surface area contributed by atoms with E-state index in [4.69, 9.17) is 5.11 Å². The van der Waals surface area contributed by atoms with Crippen molar-refractivity contribution in [3.05, 3.63) is 0 Å². The zero-order valence-corrected chi connectivity index (χ0v) is 7.42. The molecule has 0 heterocycles. The molecule has 0 saturated heterocycles. The predicted molar refractivity (Wildman–Crippen MR) is 34.2 cm³/mol. The molecule has 0 aromatic heterocycles. The lowest BCUT2D eigenvalue weighted by Crippen LogP contribution is -2.28. The van der Waals surface area contributed by atoms with Crippen LogP contribution in [0.15, 0.2) is 0 Å². The van der Waals surface area contributed by atoms with Gasteiger partial charge in [-0.2, -0.15) is 8.42 Å². The van der Waals surface area contributed by atoms with Crippen LogP contribution in [-0.2, 0) is 23.6 Å². The molecule has 0 aliphatic carbocycles. The fourth-order valence-corrected chi connectivity index (χ4v) is 1.06. The first-order valence-electron chi connectivity index (χ1n) is 2.97. The monoisotopic (exact) mass is 238 g/mol. The average molecular weight is 238 g/mol. The third kappa shape index (κ3) is 5.72. The summed E-state index contributed by atoms with van der Waals surface area (Å²) >= 11 is 0. The molecule has 14 heavy (non-hydrogen) atoms.